The van der Waals surface area contributed by atoms with Crippen molar-refractivity contribution in [3.63, 3.8) is 0 Å². The number of amides is 1. The van der Waals surface area contributed by atoms with Gasteiger partial charge in [0, 0.05) is 24.3 Å². The molecule has 4 nitrogen and oxygen atoms in total. The van der Waals surface area contributed by atoms with E-state index in [-0.39, 0.29) is 5.91 Å². The number of hydrogen-bond donors (Lipinski definition) is 2. The number of benzene rings is 2. The van der Waals surface area contributed by atoms with Crippen molar-refractivity contribution in [2.45, 2.75) is 20.4 Å². The fourth-order valence-electron chi connectivity index (χ4n) is 2.29. The second-order valence-corrected chi connectivity index (χ2v) is 4.98. The molecule has 2 aromatic carbocycles. The van der Waals surface area contributed by atoms with Crippen LogP contribution in [0, 0.1) is 6.92 Å². The summed E-state index contributed by atoms with van der Waals surface area (Å²) in [6.07, 6.45) is 0. The quantitative estimate of drug-likeness (QED) is 0.655. The zero-order valence-electron chi connectivity index (χ0n) is 12.5. The van der Waals surface area contributed by atoms with E-state index >= 15 is 0 Å². The van der Waals surface area contributed by atoms with Gasteiger partial charge in [0.25, 0.3) is 5.91 Å². The molecule has 0 bridgehead atoms. The fourth-order valence-corrected chi connectivity index (χ4v) is 2.29. The summed E-state index contributed by atoms with van der Waals surface area (Å²) < 4.78 is 0. The topological polar surface area (TPSA) is 58.4 Å². The number of carbonyl (C=O) groups excluding carboxylic acids is 1. The van der Waals surface area contributed by atoms with Gasteiger partial charge in [-0.3, -0.25) is 10.6 Å². The van der Waals surface area contributed by atoms with Gasteiger partial charge in [0.15, 0.2) is 0 Å². The number of nitrogen functional groups attached to an aromatic ring is 1. The molecule has 0 fully saturated rings. The zero-order chi connectivity index (χ0) is 15.2. The minimum absolute atomic E-state index is 0.0439. The molecule has 0 saturated heterocycles. The van der Waals surface area contributed by atoms with Crippen LogP contribution in [0.2, 0.25) is 0 Å². The van der Waals surface area contributed by atoms with Crippen LogP contribution in [0.25, 0.3) is 0 Å². The molecule has 3 N–H and O–H groups in total. The molecular formula is C17H21N3O. The lowest BCUT2D eigenvalue weighted by Crippen LogP contribution is -2.30. The summed E-state index contributed by atoms with van der Waals surface area (Å²) in [6, 6.07) is 15.5. The molecule has 0 heterocycles. The summed E-state index contributed by atoms with van der Waals surface area (Å²) in [5, 5.41) is 0. The Morgan fingerprint density at radius 1 is 1.19 bits per heavy atom. The molecule has 0 radical (unpaired) electrons. The number of anilines is 1. The third-order valence-corrected chi connectivity index (χ3v) is 3.51. The Hall–Kier alpha value is -2.33. The van der Waals surface area contributed by atoms with Crippen LogP contribution in [0.1, 0.15) is 28.4 Å². The Morgan fingerprint density at radius 2 is 1.90 bits per heavy atom. The maximum absolute atomic E-state index is 12.7. The van der Waals surface area contributed by atoms with Gasteiger partial charge in [-0.15, -0.1) is 0 Å². The first-order chi connectivity index (χ1) is 10.2. The number of rotatable bonds is 5. The molecule has 0 atom stereocenters. The molecule has 2 rings (SSSR count). The first-order valence-corrected chi connectivity index (χ1v) is 7.06. The van der Waals surface area contributed by atoms with Gasteiger partial charge in [-0.2, -0.15) is 0 Å². The van der Waals surface area contributed by atoms with Crippen molar-refractivity contribution >= 4 is 11.6 Å². The second-order valence-electron chi connectivity index (χ2n) is 4.98. The van der Waals surface area contributed by atoms with Crippen molar-refractivity contribution < 1.29 is 4.79 Å². The highest BCUT2D eigenvalue weighted by Gasteiger charge is 2.16. The van der Waals surface area contributed by atoms with Crippen LogP contribution < -0.4 is 11.3 Å². The van der Waals surface area contributed by atoms with Crippen LogP contribution in [0.5, 0.6) is 0 Å². The van der Waals surface area contributed by atoms with Gasteiger partial charge >= 0.3 is 0 Å². The van der Waals surface area contributed by atoms with E-state index in [1.807, 2.05) is 67.3 Å². The number of carbonyl (C=O) groups is 1. The maximum Gasteiger partial charge on any atom is 0.254 e. The first-order valence-electron chi connectivity index (χ1n) is 7.06. The molecule has 0 aliphatic heterocycles. The summed E-state index contributed by atoms with van der Waals surface area (Å²) in [5.74, 6) is 5.43. The number of nitrogens with two attached hydrogens (primary N) is 1. The van der Waals surface area contributed by atoms with Crippen LogP contribution >= 0.6 is 0 Å². The average molecular weight is 283 g/mol. The van der Waals surface area contributed by atoms with Gasteiger partial charge in [0.1, 0.15) is 0 Å². The normalized spacial score (nSPS) is 10.2. The van der Waals surface area contributed by atoms with Gasteiger partial charge in [-0.05, 0) is 43.2 Å². The molecule has 0 spiro atoms. The zero-order valence-corrected chi connectivity index (χ0v) is 12.5. The average Bonchev–Trinajstić information content (AvgIpc) is 2.52. The third kappa shape index (κ3) is 3.61. The van der Waals surface area contributed by atoms with E-state index < -0.39 is 0 Å². The van der Waals surface area contributed by atoms with E-state index in [0.717, 1.165) is 16.8 Å². The van der Waals surface area contributed by atoms with E-state index in [4.69, 9.17) is 5.84 Å². The molecular weight excluding hydrogens is 262 g/mol. The number of nitrogens with one attached hydrogen (secondary N) is 1. The lowest BCUT2D eigenvalue weighted by atomic mass is 10.1. The lowest BCUT2D eigenvalue weighted by molar-refractivity contribution is 0.0752. The van der Waals surface area contributed by atoms with Crippen molar-refractivity contribution in [2.24, 2.45) is 5.84 Å². The van der Waals surface area contributed by atoms with Gasteiger partial charge in [0.05, 0.1) is 0 Å². The van der Waals surface area contributed by atoms with Crippen molar-refractivity contribution in [1.29, 1.82) is 0 Å². The summed E-state index contributed by atoms with van der Waals surface area (Å²) in [4.78, 5) is 14.5. The minimum Gasteiger partial charge on any atom is -0.335 e. The van der Waals surface area contributed by atoms with E-state index in [0.29, 0.717) is 18.7 Å². The lowest BCUT2D eigenvalue weighted by Gasteiger charge is -2.22. The number of hydrazine groups is 1. The summed E-state index contributed by atoms with van der Waals surface area (Å²) in [6.45, 7) is 5.20. The Balaban J connectivity index is 2.20. The smallest absolute Gasteiger partial charge is 0.254 e. The van der Waals surface area contributed by atoms with E-state index in [1.54, 1.807) is 0 Å². The van der Waals surface area contributed by atoms with Crippen LogP contribution in [0.3, 0.4) is 0 Å². The monoisotopic (exact) mass is 283 g/mol. The van der Waals surface area contributed by atoms with Gasteiger partial charge in [0.2, 0.25) is 0 Å². The van der Waals surface area contributed by atoms with Gasteiger partial charge < -0.3 is 10.3 Å². The third-order valence-electron chi connectivity index (χ3n) is 3.51. The molecule has 1 amide bonds. The Morgan fingerprint density at radius 3 is 2.48 bits per heavy atom. The Bertz CT molecular complexity index is 611. The Labute approximate surface area is 125 Å². The van der Waals surface area contributed by atoms with E-state index in [2.05, 4.69) is 5.43 Å². The fraction of sp³-hybridized carbons (Fsp3) is 0.235. The van der Waals surface area contributed by atoms with Crippen LogP contribution in [-0.2, 0) is 6.54 Å². The molecule has 0 unspecified atom stereocenters. The number of hydrogen-bond acceptors (Lipinski definition) is 3. The molecule has 21 heavy (non-hydrogen) atoms. The highest BCUT2D eigenvalue weighted by Crippen LogP contribution is 2.17. The van der Waals surface area contributed by atoms with Gasteiger partial charge in [-0.1, -0.05) is 30.3 Å². The van der Waals surface area contributed by atoms with Crippen molar-refractivity contribution in [3.8, 4) is 0 Å². The SMILES string of the molecule is CCN(Cc1ccccc1)C(=O)c1ccc(NN)cc1C. The predicted octanol–water partition coefficient (Wildman–Crippen LogP) is 2.94. The highest BCUT2D eigenvalue weighted by molar-refractivity contribution is 5.96. The van der Waals surface area contributed by atoms with Crippen LogP contribution in [0.15, 0.2) is 48.5 Å². The first kappa shape index (κ1) is 15.1. The number of aryl methyl sites for hydroxylation is 1. The van der Waals surface area contributed by atoms with E-state index in [1.165, 1.54) is 0 Å². The van der Waals surface area contributed by atoms with Gasteiger partial charge in [-0.25, -0.2) is 0 Å². The molecule has 0 aliphatic rings. The summed E-state index contributed by atoms with van der Waals surface area (Å²) in [7, 11) is 0. The largest absolute Gasteiger partial charge is 0.335 e. The van der Waals surface area contributed by atoms with Crippen LogP contribution in [-0.4, -0.2) is 17.4 Å². The standard InChI is InChI=1S/C17H21N3O/c1-3-20(12-14-7-5-4-6-8-14)17(21)16-10-9-15(19-18)11-13(16)2/h4-11,19H,3,12,18H2,1-2H3. The summed E-state index contributed by atoms with van der Waals surface area (Å²) in [5.41, 5.74) is 6.16. The Kier molecular flexibility index (Phi) is 4.95. The highest BCUT2D eigenvalue weighted by atomic mass is 16.2. The molecule has 2 aromatic rings. The molecule has 110 valence electrons. The minimum atomic E-state index is 0.0439. The summed E-state index contributed by atoms with van der Waals surface area (Å²) >= 11 is 0. The molecule has 0 aromatic heterocycles. The maximum atomic E-state index is 12.7. The number of nitrogens with zero attached hydrogens (tertiary/aromatic N) is 1. The van der Waals surface area contributed by atoms with Crippen molar-refractivity contribution in [1.82, 2.24) is 4.90 Å². The molecule has 4 heteroatoms. The molecule has 0 aliphatic carbocycles. The van der Waals surface area contributed by atoms with E-state index in [9.17, 15) is 4.79 Å². The van der Waals surface area contributed by atoms with Crippen molar-refractivity contribution in [2.75, 3.05) is 12.0 Å². The second kappa shape index (κ2) is 6.90. The van der Waals surface area contributed by atoms with Crippen LogP contribution in [0.4, 0.5) is 5.69 Å². The molecule has 0 saturated carbocycles. The van der Waals surface area contributed by atoms with Crippen molar-refractivity contribution in [3.05, 3.63) is 65.2 Å². The predicted molar refractivity (Wildman–Crippen MR) is 85.8 cm³/mol.